The van der Waals surface area contributed by atoms with Crippen LogP contribution < -0.4 is 20.7 Å². The van der Waals surface area contributed by atoms with Crippen molar-refractivity contribution >= 4 is 35.0 Å². The molecular formula is C29H29ClF2N6O5. The predicted molar refractivity (Wildman–Crippen MR) is 154 cm³/mol. The number of amides is 3. The van der Waals surface area contributed by atoms with Crippen molar-refractivity contribution in [3.63, 3.8) is 0 Å². The number of aliphatic hydroxyl groups is 1. The zero-order chi connectivity index (χ0) is 30.8. The number of rotatable bonds is 7. The molecule has 0 unspecified atom stereocenters. The molecule has 3 amide bonds. The van der Waals surface area contributed by atoms with Gasteiger partial charge in [-0.15, -0.1) is 0 Å². The Bertz CT molecular complexity index is 1620. The van der Waals surface area contributed by atoms with E-state index in [9.17, 15) is 28.3 Å². The van der Waals surface area contributed by atoms with E-state index in [1.165, 1.54) is 61.5 Å². The maximum atomic E-state index is 14.6. The lowest BCUT2D eigenvalue weighted by atomic mass is 10.0. The summed E-state index contributed by atoms with van der Waals surface area (Å²) in [6, 6.07) is 6.51. The largest absolute Gasteiger partial charge is 0.511 e. The predicted octanol–water partition coefficient (Wildman–Crippen LogP) is 3.76. The minimum atomic E-state index is -1.15. The first-order valence-electron chi connectivity index (χ1n) is 13.5. The van der Waals surface area contributed by atoms with E-state index in [2.05, 4.69) is 20.9 Å². The molecule has 0 aliphatic carbocycles. The van der Waals surface area contributed by atoms with Crippen molar-refractivity contribution in [1.82, 2.24) is 25.1 Å². The van der Waals surface area contributed by atoms with Gasteiger partial charge in [-0.3, -0.25) is 14.4 Å². The number of carbonyl (C=O) groups excluding carboxylic acids is 3. The minimum Gasteiger partial charge on any atom is -0.511 e. The summed E-state index contributed by atoms with van der Waals surface area (Å²) in [5.41, 5.74) is 0.654. The van der Waals surface area contributed by atoms with E-state index < -0.39 is 23.6 Å². The molecule has 1 saturated heterocycles. The molecule has 0 saturated carbocycles. The van der Waals surface area contributed by atoms with E-state index in [0.29, 0.717) is 31.6 Å². The number of imidazole rings is 1. The third kappa shape index (κ3) is 6.12. The number of aliphatic hydroxyl groups excluding tert-OH is 1. The molecule has 43 heavy (non-hydrogen) atoms. The number of nitrogens with one attached hydrogen (secondary N) is 3. The number of nitrogens with zero attached hydrogens (tertiary/aromatic N) is 3. The van der Waals surface area contributed by atoms with Crippen molar-refractivity contribution in [2.45, 2.75) is 31.3 Å². The van der Waals surface area contributed by atoms with Crippen LogP contribution in [0.25, 0.3) is 11.3 Å². The molecule has 1 aromatic heterocycles. The van der Waals surface area contributed by atoms with Crippen LogP contribution in [0.4, 0.5) is 14.5 Å². The van der Waals surface area contributed by atoms with E-state index in [1.807, 2.05) is 0 Å². The fraction of sp³-hybridized carbons (Fsp3) is 0.310. The lowest BCUT2D eigenvalue weighted by Crippen LogP contribution is -2.50. The van der Waals surface area contributed by atoms with Crippen LogP contribution in [0.15, 0.2) is 48.5 Å². The monoisotopic (exact) mass is 614 g/mol. The summed E-state index contributed by atoms with van der Waals surface area (Å²) < 4.78 is 35.0. The molecule has 14 heteroatoms. The smallest absolute Gasteiger partial charge is 0.291 e. The summed E-state index contributed by atoms with van der Waals surface area (Å²) in [4.78, 5) is 44.2. The van der Waals surface area contributed by atoms with Gasteiger partial charge in [-0.05, 0) is 43.2 Å². The van der Waals surface area contributed by atoms with E-state index in [-0.39, 0.29) is 63.5 Å². The maximum Gasteiger partial charge on any atom is 0.291 e. The summed E-state index contributed by atoms with van der Waals surface area (Å²) in [6.45, 7) is 0.834. The molecule has 1 fully saturated rings. The Labute approximate surface area is 250 Å². The Kier molecular flexibility index (Phi) is 8.53. The third-order valence-corrected chi connectivity index (χ3v) is 7.81. The van der Waals surface area contributed by atoms with Crippen LogP contribution in [0.3, 0.4) is 0 Å². The lowest BCUT2D eigenvalue weighted by Gasteiger charge is -2.33. The Morgan fingerprint density at radius 2 is 1.88 bits per heavy atom. The molecule has 2 aliphatic heterocycles. The zero-order valence-electron chi connectivity index (χ0n) is 23.3. The average molecular weight is 615 g/mol. The highest BCUT2D eigenvalue weighted by Gasteiger charge is 2.29. The van der Waals surface area contributed by atoms with Crippen LogP contribution in [-0.4, -0.2) is 69.6 Å². The van der Waals surface area contributed by atoms with Gasteiger partial charge in [0, 0.05) is 50.1 Å². The van der Waals surface area contributed by atoms with Gasteiger partial charge in [-0.25, -0.2) is 9.37 Å². The van der Waals surface area contributed by atoms with Crippen molar-refractivity contribution in [3.8, 4) is 17.0 Å². The number of benzene rings is 2. The molecular weight excluding hydrogens is 586 g/mol. The molecule has 2 aliphatic rings. The van der Waals surface area contributed by atoms with Crippen LogP contribution in [0.5, 0.6) is 5.75 Å². The van der Waals surface area contributed by atoms with Gasteiger partial charge in [0.05, 0.1) is 29.6 Å². The normalized spacial score (nSPS) is 16.8. The van der Waals surface area contributed by atoms with Crippen LogP contribution in [-0.2, 0) is 11.8 Å². The van der Waals surface area contributed by atoms with Crippen molar-refractivity contribution in [1.29, 1.82) is 0 Å². The SMILES string of the molecule is COc1ccc(-c2cnc(C(=O)Nc3ccc(C(=O)N4CCC(NC(=O)[C@@H]5CC(O)=CN5)CC4)c(Cl)c3)n2C)c(F)c1F. The molecule has 1 atom stereocenters. The quantitative estimate of drug-likeness (QED) is 0.318. The van der Waals surface area contributed by atoms with Crippen molar-refractivity contribution in [3.05, 3.63) is 76.5 Å². The highest BCUT2D eigenvalue weighted by Crippen LogP contribution is 2.30. The van der Waals surface area contributed by atoms with Gasteiger partial charge in [-0.1, -0.05) is 11.6 Å². The first kappa shape index (κ1) is 29.8. The van der Waals surface area contributed by atoms with Crippen molar-refractivity contribution in [2.75, 3.05) is 25.5 Å². The van der Waals surface area contributed by atoms with Crippen LogP contribution in [0.1, 0.15) is 40.2 Å². The van der Waals surface area contributed by atoms with Crippen LogP contribution in [0, 0.1) is 11.6 Å². The molecule has 2 aromatic carbocycles. The fourth-order valence-corrected chi connectivity index (χ4v) is 5.36. The summed E-state index contributed by atoms with van der Waals surface area (Å²) in [7, 11) is 2.72. The Hall–Kier alpha value is -4.65. The number of ether oxygens (including phenoxy) is 1. The number of hydrogen-bond acceptors (Lipinski definition) is 7. The highest BCUT2D eigenvalue weighted by molar-refractivity contribution is 6.34. The molecule has 3 aromatic rings. The number of hydrogen-bond donors (Lipinski definition) is 4. The molecule has 226 valence electrons. The van der Waals surface area contributed by atoms with Crippen molar-refractivity contribution in [2.24, 2.45) is 7.05 Å². The highest BCUT2D eigenvalue weighted by atomic mass is 35.5. The molecule has 3 heterocycles. The van der Waals surface area contributed by atoms with E-state index in [0.717, 1.165) is 0 Å². The molecule has 5 rings (SSSR count). The number of piperidine rings is 1. The summed E-state index contributed by atoms with van der Waals surface area (Å²) in [5.74, 6) is -3.55. The van der Waals surface area contributed by atoms with Gasteiger partial charge in [0.15, 0.2) is 17.4 Å². The summed E-state index contributed by atoms with van der Waals surface area (Å²) in [5, 5.41) is 18.1. The molecule has 0 radical (unpaired) electrons. The number of carbonyl (C=O) groups is 3. The number of halogens is 3. The molecule has 4 N–H and O–H groups in total. The molecule has 0 spiro atoms. The van der Waals surface area contributed by atoms with Crippen LogP contribution in [0.2, 0.25) is 5.02 Å². The molecule has 11 nitrogen and oxygen atoms in total. The topological polar surface area (TPSA) is 138 Å². The third-order valence-electron chi connectivity index (χ3n) is 7.50. The van der Waals surface area contributed by atoms with Gasteiger partial charge < -0.3 is 35.3 Å². The number of methoxy groups -OCH3 is 1. The number of anilines is 1. The van der Waals surface area contributed by atoms with E-state index in [1.54, 1.807) is 4.90 Å². The average Bonchev–Trinajstić information content (AvgIpc) is 3.60. The van der Waals surface area contributed by atoms with Crippen molar-refractivity contribution < 1.29 is 33.0 Å². The Morgan fingerprint density at radius 3 is 2.53 bits per heavy atom. The summed E-state index contributed by atoms with van der Waals surface area (Å²) >= 11 is 6.43. The second-order valence-corrected chi connectivity index (χ2v) is 10.7. The van der Waals surface area contributed by atoms with Gasteiger partial charge in [0.1, 0.15) is 11.8 Å². The second-order valence-electron chi connectivity index (χ2n) is 10.3. The van der Waals surface area contributed by atoms with Gasteiger partial charge in [-0.2, -0.15) is 4.39 Å². The zero-order valence-corrected chi connectivity index (χ0v) is 24.0. The Morgan fingerprint density at radius 1 is 1.14 bits per heavy atom. The van der Waals surface area contributed by atoms with Gasteiger partial charge in [0.25, 0.3) is 11.8 Å². The standard InChI is InChI=1S/C29H29ClF2N6O5/c1-37-22(19-5-6-23(43-2)25(32)24(19)31)14-34-26(37)28(41)36-16-3-4-18(20(30)11-16)29(42)38-9-7-15(8-10-38)35-27(40)21-12-17(39)13-33-21/h3-6,11,13-15,21,33,39H,7-10,12H2,1-2H3,(H,35,40)(H,36,41)/t21-/m0/s1. The Balaban J connectivity index is 1.19. The number of aromatic nitrogens is 2. The van der Waals surface area contributed by atoms with Gasteiger partial charge in [0.2, 0.25) is 11.7 Å². The lowest BCUT2D eigenvalue weighted by molar-refractivity contribution is -0.123. The minimum absolute atomic E-state index is 0.0614. The fourth-order valence-electron chi connectivity index (χ4n) is 5.10. The van der Waals surface area contributed by atoms with E-state index in [4.69, 9.17) is 16.3 Å². The van der Waals surface area contributed by atoms with Crippen LogP contribution >= 0.6 is 11.6 Å². The second kappa shape index (κ2) is 12.3. The van der Waals surface area contributed by atoms with Gasteiger partial charge >= 0.3 is 0 Å². The number of likely N-dealkylation sites (tertiary alicyclic amines) is 1. The maximum absolute atomic E-state index is 14.6. The van der Waals surface area contributed by atoms with E-state index >= 15 is 0 Å². The summed E-state index contributed by atoms with van der Waals surface area (Å²) in [6.07, 6.45) is 4.04. The first-order chi connectivity index (χ1) is 20.6. The molecule has 0 bridgehead atoms. The first-order valence-corrected chi connectivity index (χ1v) is 13.8.